The first-order chi connectivity index (χ1) is 9.65. The summed E-state index contributed by atoms with van der Waals surface area (Å²) in [5.41, 5.74) is 7.54. The van der Waals surface area contributed by atoms with E-state index in [1.54, 1.807) is 0 Å². The number of benzene rings is 1. The summed E-state index contributed by atoms with van der Waals surface area (Å²) < 4.78 is 19.2. The van der Waals surface area contributed by atoms with E-state index in [-0.39, 0.29) is 17.5 Å². The van der Waals surface area contributed by atoms with Crippen molar-refractivity contribution in [3.63, 3.8) is 0 Å². The van der Waals surface area contributed by atoms with E-state index in [0.29, 0.717) is 6.10 Å². The molecule has 3 heteroatoms. The predicted octanol–water partition coefficient (Wildman–Crippen LogP) is 3.58. The maximum absolute atomic E-state index is 12.9. The summed E-state index contributed by atoms with van der Waals surface area (Å²) in [6, 6.07) is 6.75. The van der Waals surface area contributed by atoms with Crippen LogP contribution in [0.5, 0.6) is 0 Å². The highest BCUT2D eigenvalue weighted by molar-refractivity contribution is 5.17. The minimum Gasteiger partial charge on any atom is -0.372 e. The van der Waals surface area contributed by atoms with Crippen molar-refractivity contribution >= 4 is 0 Å². The van der Waals surface area contributed by atoms with Gasteiger partial charge in [-0.05, 0) is 56.2 Å². The zero-order chi connectivity index (χ0) is 14.0. The van der Waals surface area contributed by atoms with E-state index in [0.717, 1.165) is 24.8 Å². The Morgan fingerprint density at radius 3 is 2.60 bits per heavy atom. The molecule has 2 fully saturated rings. The van der Waals surface area contributed by atoms with Crippen LogP contribution in [0.4, 0.5) is 4.39 Å². The van der Waals surface area contributed by atoms with Crippen molar-refractivity contribution in [3.8, 4) is 0 Å². The zero-order valence-corrected chi connectivity index (χ0v) is 12.0. The first kappa shape index (κ1) is 14.0. The highest BCUT2D eigenvalue weighted by Gasteiger charge is 2.42. The van der Waals surface area contributed by atoms with Crippen LogP contribution < -0.4 is 5.73 Å². The minimum absolute atomic E-state index is 0.0991. The van der Waals surface area contributed by atoms with Crippen molar-refractivity contribution in [1.82, 2.24) is 0 Å². The zero-order valence-electron chi connectivity index (χ0n) is 12.0. The standard InChI is InChI=1S/C17H24FNO/c18-14-5-3-13(4-6-14)11-15(19)12-16-7-10-17(20-16)8-1-2-9-17/h3-6,15-16H,1-2,7-12,19H2. The van der Waals surface area contributed by atoms with Crippen molar-refractivity contribution in [3.05, 3.63) is 35.6 Å². The van der Waals surface area contributed by atoms with Crippen LogP contribution in [0.25, 0.3) is 0 Å². The lowest BCUT2D eigenvalue weighted by Crippen LogP contribution is -2.31. The third kappa shape index (κ3) is 3.21. The van der Waals surface area contributed by atoms with Crippen LogP contribution in [0.1, 0.15) is 50.5 Å². The van der Waals surface area contributed by atoms with Crippen molar-refractivity contribution in [2.75, 3.05) is 0 Å². The second-order valence-electron chi connectivity index (χ2n) is 6.50. The highest BCUT2D eigenvalue weighted by atomic mass is 19.1. The van der Waals surface area contributed by atoms with Gasteiger partial charge in [0, 0.05) is 6.04 Å². The number of ether oxygens (including phenoxy) is 1. The van der Waals surface area contributed by atoms with Gasteiger partial charge in [0.05, 0.1) is 11.7 Å². The smallest absolute Gasteiger partial charge is 0.123 e. The molecule has 2 atom stereocenters. The fourth-order valence-electron chi connectivity index (χ4n) is 3.79. The molecule has 2 N–H and O–H groups in total. The van der Waals surface area contributed by atoms with Gasteiger partial charge in [-0.1, -0.05) is 25.0 Å². The van der Waals surface area contributed by atoms with Gasteiger partial charge in [0.15, 0.2) is 0 Å². The topological polar surface area (TPSA) is 35.2 Å². The van der Waals surface area contributed by atoms with Gasteiger partial charge in [-0.2, -0.15) is 0 Å². The Bertz CT molecular complexity index is 439. The third-order valence-corrected chi connectivity index (χ3v) is 4.83. The Hall–Kier alpha value is -0.930. The molecule has 0 aromatic heterocycles. The monoisotopic (exact) mass is 277 g/mol. The average Bonchev–Trinajstić information content (AvgIpc) is 3.03. The SMILES string of the molecule is NC(Cc1ccc(F)cc1)CC1CCC2(CCCC2)O1. The van der Waals surface area contributed by atoms with Gasteiger partial charge in [0.1, 0.15) is 5.82 Å². The number of hydrogen-bond acceptors (Lipinski definition) is 2. The van der Waals surface area contributed by atoms with Crippen LogP contribution in [0.2, 0.25) is 0 Å². The third-order valence-electron chi connectivity index (χ3n) is 4.83. The van der Waals surface area contributed by atoms with Crippen molar-refractivity contribution in [2.45, 2.75) is 69.1 Å². The van der Waals surface area contributed by atoms with Crippen LogP contribution in [-0.4, -0.2) is 17.7 Å². The predicted molar refractivity (Wildman–Crippen MR) is 78.0 cm³/mol. The summed E-state index contributed by atoms with van der Waals surface area (Å²) in [7, 11) is 0. The Morgan fingerprint density at radius 1 is 1.20 bits per heavy atom. The van der Waals surface area contributed by atoms with Gasteiger partial charge in [-0.25, -0.2) is 4.39 Å². The molecule has 1 heterocycles. The van der Waals surface area contributed by atoms with E-state index >= 15 is 0 Å². The Balaban J connectivity index is 1.49. The molecule has 0 bridgehead atoms. The molecule has 0 amide bonds. The lowest BCUT2D eigenvalue weighted by atomic mass is 9.96. The molecule has 1 aromatic rings. The number of halogens is 1. The highest BCUT2D eigenvalue weighted by Crippen LogP contribution is 2.44. The van der Waals surface area contributed by atoms with Crippen molar-refractivity contribution in [1.29, 1.82) is 0 Å². The molecule has 2 aliphatic rings. The number of nitrogens with two attached hydrogens (primary N) is 1. The second kappa shape index (κ2) is 5.82. The molecule has 2 unspecified atom stereocenters. The maximum atomic E-state index is 12.9. The molecule has 1 aliphatic heterocycles. The first-order valence-corrected chi connectivity index (χ1v) is 7.83. The summed E-state index contributed by atoms with van der Waals surface area (Å²) in [5.74, 6) is -0.190. The molecule has 3 rings (SSSR count). The molecule has 1 aliphatic carbocycles. The lowest BCUT2D eigenvalue weighted by molar-refractivity contribution is -0.0407. The second-order valence-corrected chi connectivity index (χ2v) is 6.50. The molecule has 2 nitrogen and oxygen atoms in total. The largest absolute Gasteiger partial charge is 0.372 e. The lowest BCUT2D eigenvalue weighted by Gasteiger charge is -2.25. The van der Waals surface area contributed by atoms with Crippen LogP contribution in [-0.2, 0) is 11.2 Å². The number of hydrogen-bond donors (Lipinski definition) is 1. The van der Waals surface area contributed by atoms with E-state index in [2.05, 4.69) is 0 Å². The fraction of sp³-hybridized carbons (Fsp3) is 0.647. The van der Waals surface area contributed by atoms with E-state index in [1.807, 2.05) is 12.1 Å². The van der Waals surface area contributed by atoms with Gasteiger partial charge in [-0.15, -0.1) is 0 Å². The number of rotatable bonds is 4. The molecule has 20 heavy (non-hydrogen) atoms. The Kier molecular flexibility index (Phi) is 4.08. The van der Waals surface area contributed by atoms with Crippen LogP contribution in [0.3, 0.4) is 0 Å². The molecular formula is C17H24FNO. The summed E-state index contributed by atoms with van der Waals surface area (Å²) in [6.07, 6.45) is 9.49. The van der Waals surface area contributed by atoms with E-state index in [9.17, 15) is 4.39 Å². The molecule has 1 saturated heterocycles. The summed E-state index contributed by atoms with van der Waals surface area (Å²) in [6.45, 7) is 0. The van der Waals surface area contributed by atoms with Crippen LogP contribution in [0, 0.1) is 5.82 Å². The average molecular weight is 277 g/mol. The minimum atomic E-state index is -0.190. The van der Waals surface area contributed by atoms with Gasteiger partial charge in [0.25, 0.3) is 0 Å². The molecule has 1 aromatic carbocycles. The summed E-state index contributed by atoms with van der Waals surface area (Å²) in [5, 5.41) is 0. The van der Waals surface area contributed by atoms with Crippen molar-refractivity contribution in [2.24, 2.45) is 5.73 Å². The fourth-order valence-corrected chi connectivity index (χ4v) is 3.79. The van der Waals surface area contributed by atoms with Crippen molar-refractivity contribution < 1.29 is 9.13 Å². The van der Waals surface area contributed by atoms with Gasteiger partial charge < -0.3 is 10.5 Å². The summed E-state index contributed by atoms with van der Waals surface area (Å²) in [4.78, 5) is 0. The molecule has 1 saturated carbocycles. The van der Waals surface area contributed by atoms with Gasteiger partial charge >= 0.3 is 0 Å². The first-order valence-electron chi connectivity index (χ1n) is 7.83. The van der Waals surface area contributed by atoms with E-state index < -0.39 is 0 Å². The van der Waals surface area contributed by atoms with E-state index in [1.165, 1.54) is 44.2 Å². The van der Waals surface area contributed by atoms with Gasteiger partial charge in [0.2, 0.25) is 0 Å². The maximum Gasteiger partial charge on any atom is 0.123 e. The van der Waals surface area contributed by atoms with Crippen LogP contribution in [0.15, 0.2) is 24.3 Å². The quantitative estimate of drug-likeness (QED) is 0.913. The van der Waals surface area contributed by atoms with E-state index in [4.69, 9.17) is 10.5 Å². The molecule has 110 valence electrons. The Labute approximate surface area is 120 Å². The normalized spacial score (nSPS) is 26.2. The van der Waals surface area contributed by atoms with Crippen LogP contribution >= 0.6 is 0 Å². The Morgan fingerprint density at radius 2 is 1.90 bits per heavy atom. The van der Waals surface area contributed by atoms with Gasteiger partial charge in [-0.3, -0.25) is 0 Å². The summed E-state index contributed by atoms with van der Waals surface area (Å²) >= 11 is 0. The molecule has 1 spiro atoms. The molecular weight excluding hydrogens is 253 g/mol. The molecule has 0 radical (unpaired) electrons.